The van der Waals surface area contributed by atoms with Gasteiger partial charge in [0.15, 0.2) is 0 Å². The highest BCUT2D eigenvalue weighted by molar-refractivity contribution is 7.81. The van der Waals surface area contributed by atoms with Gasteiger partial charge >= 0.3 is 0 Å². The second-order valence-corrected chi connectivity index (χ2v) is 11.6. The van der Waals surface area contributed by atoms with Gasteiger partial charge in [-0.15, -0.1) is 0 Å². The van der Waals surface area contributed by atoms with Crippen LogP contribution in [0.1, 0.15) is 43.4 Å². The van der Waals surface area contributed by atoms with Crippen LogP contribution in [0.4, 0.5) is 11.4 Å². The molecule has 0 saturated carbocycles. The summed E-state index contributed by atoms with van der Waals surface area (Å²) < 4.78 is 5.99. The van der Waals surface area contributed by atoms with E-state index in [9.17, 15) is 9.59 Å². The van der Waals surface area contributed by atoms with Crippen molar-refractivity contribution in [2.75, 3.05) is 16.4 Å². The van der Waals surface area contributed by atoms with Crippen LogP contribution in [0.2, 0.25) is 0 Å². The fourth-order valence-corrected chi connectivity index (χ4v) is 4.89. The number of thiol groups is 1. The standard InChI is InChI=1S/C35H34N2O3S/c1-35(2,3)27-14-10-24(11-15-27)30(20-23-8-16-28(17-9-23)36-33(38)22-41)34(39)37-29-18-12-25(13-19-29)32-21-26-6-4-5-7-31(26)40-32/h4-19,21,30,41H,20,22H2,1-3H3,(H,36,38)(H,37,39). The fraction of sp³-hybridized carbons (Fsp3) is 0.200. The van der Waals surface area contributed by atoms with Crippen LogP contribution in [0.25, 0.3) is 22.3 Å². The lowest BCUT2D eigenvalue weighted by molar-refractivity contribution is -0.117. The van der Waals surface area contributed by atoms with Crippen molar-refractivity contribution < 1.29 is 14.0 Å². The number of hydrogen-bond acceptors (Lipinski definition) is 4. The Morgan fingerprint density at radius 2 is 1.44 bits per heavy atom. The molecule has 0 aliphatic carbocycles. The molecule has 0 aliphatic heterocycles. The molecule has 41 heavy (non-hydrogen) atoms. The van der Waals surface area contributed by atoms with Crippen molar-refractivity contribution in [2.45, 2.75) is 38.5 Å². The van der Waals surface area contributed by atoms with E-state index in [1.807, 2.05) is 78.9 Å². The zero-order valence-electron chi connectivity index (χ0n) is 23.5. The summed E-state index contributed by atoms with van der Waals surface area (Å²) in [5, 5.41) is 6.98. The Balaban J connectivity index is 1.36. The number of anilines is 2. The number of nitrogens with one attached hydrogen (secondary N) is 2. The quantitative estimate of drug-likeness (QED) is 0.167. The zero-order valence-corrected chi connectivity index (χ0v) is 24.4. The molecule has 0 saturated heterocycles. The van der Waals surface area contributed by atoms with Crippen LogP contribution >= 0.6 is 12.6 Å². The fourth-order valence-electron chi connectivity index (χ4n) is 4.81. The topological polar surface area (TPSA) is 71.3 Å². The number of hydrogen-bond donors (Lipinski definition) is 3. The van der Waals surface area contributed by atoms with Gasteiger partial charge in [0.05, 0.1) is 11.7 Å². The highest BCUT2D eigenvalue weighted by Crippen LogP contribution is 2.30. The van der Waals surface area contributed by atoms with Crippen LogP contribution in [0.15, 0.2) is 108 Å². The van der Waals surface area contributed by atoms with Crippen LogP contribution in [0.3, 0.4) is 0 Å². The van der Waals surface area contributed by atoms with E-state index in [0.717, 1.165) is 39.1 Å². The SMILES string of the molecule is CC(C)(C)c1ccc(C(Cc2ccc(NC(=O)CS)cc2)C(=O)Nc2ccc(-c3cc4ccccc4o3)cc2)cc1. The molecule has 1 atom stereocenters. The van der Waals surface area contributed by atoms with Crippen molar-refractivity contribution in [3.8, 4) is 11.3 Å². The molecule has 4 aromatic carbocycles. The Morgan fingerprint density at radius 1 is 0.805 bits per heavy atom. The summed E-state index contributed by atoms with van der Waals surface area (Å²) in [4.78, 5) is 25.4. The number of carbonyl (C=O) groups is 2. The molecule has 0 fully saturated rings. The Hall–Kier alpha value is -4.29. The van der Waals surface area contributed by atoms with Gasteiger partial charge in [-0.25, -0.2) is 0 Å². The lowest BCUT2D eigenvalue weighted by Crippen LogP contribution is -2.23. The largest absolute Gasteiger partial charge is 0.456 e. The van der Waals surface area contributed by atoms with Gasteiger partial charge < -0.3 is 15.1 Å². The summed E-state index contributed by atoms with van der Waals surface area (Å²) in [5.74, 6) is 0.251. The molecule has 5 aromatic rings. The van der Waals surface area contributed by atoms with Gasteiger partial charge in [-0.05, 0) is 77.1 Å². The maximum Gasteiger partial charge on any atom is 0.234 e. The van der Waals surface area contributed by atoms with Crippen molar-refractivity contribution in [3.63, 3.8) is 0 Å². The monoisotopic (exact) mass is 562 g/mol. The lowest BCUT2D eigenvalue weighted by Gasteiger charge is -2.22. The molecule has 6 heteroatoms. The highest BCUT2D eigenvalue weighted by atomic mass is 32.1. The summed E-state index contributed by atoms with van der Waals surface area (Å²) in [5.41, 5.74) is 6.38. The molecule has 0 spiro atoms. The average Bonchev–Trinajstić information content (AvgIpc) is 3.41. The highest BCUT2D eigenvalue weighted by Gasteiger charge is 2.23. The van der Waals surface area contributed by atoms with Crippen molar-refractivity contribution in [3.05, 3.63) is 120 Å². The number of amides is 2. The summed E-state index contributed by atoms with van der Waals surface area (Å²) in [6, 6.07) is 33.6. The maximum atomic E-state index is 13.7. The molecular formula is C35H34N2O3S. The summed E-state index contributed by atoms with van der Waals surface area (Å²) in [6.45, 7) is 6.53. The number of benzene rings is 4. The van der Waals surface area contributed by atoms with Crippen molar-refractivity contribution >= 4 is 46.8 Å². The first-order chi connectivity index (χ1) is 19.7. The normalized spacial score (nSPS) is 12.2. The molecule has 208 valence electrons. The molecule has 0 radical (unpaired) electrons. The van der Waals surface area contributed by atoms with Crippen molar-refractivity contribution in [2.24, 2.45) is 0 Å². The van der Waals surface area contributed by atoms with Crippen LogP contribution in [0.5, 0.6) is 0 Å². The summed E-state index contributed by atoms with van der Waals surface area (Å²) in [6.07, 6.45) is 0.512. The maximum absolute atomic E-state index is 13.7. The minimum atomic E-state index is -0.406. The average molecular weight is 563 g/mol. The van der Waals surface area contributed by atoms with E-state index in [-0.39, 0.29) is 23.0 Å². The molecule has 5 rings (SSSR count). The van der Waals surface area contributed by atoms with Gasteiger partial charge in [-0.2, -0.15) is 12.6 Å². The summed E-state index contributed by atoms with van der Waals surface area (Å²) in [7, 11) is 0. The lowest BCUT2D eigenvalue weighted by atomic mass is 9.84. The van der Waals surface area contributed by atoms with Gasteiger partial charge in [0, 0.05) is 22.3 Å². The first kappa shape index (κ1) is 28.2. The van der Waals surface area contributed by atoms with Crippen LogP contribution in [0, 0.1) is 0 Å². The van der Waals surface area contributed by atoms with E-state index >= 15 is 0 Å². The minimum absolute atomic E-state index is 0.0190. The Morgan fingerprint density at radius 3 is 2.07 bits per heavy atom. The second-order valence-electron chi connectivity index (χ2n) is 11.2. The molecule has 1 unspecified atom stereocenters. The number of rotatable bonds is 8. The van der Waals surface area contributed by atoms with E-state index in [1.165, 1.54) is 5.56 Å². The van der Waals surface area contributed by atoms with Crippen molar-refractivity contribution in [1.82, 2.24) is 0 Å². The van der Waals surface area contributed by atoms with E-state index in [1.54, 1.807) is 0 Å². The third-order valence-corrected chi connectivity index (χ3v) is 7.47. The van der Waals surface area contributed by atoms with E-state index in [4.69, 9.17) is 4.42 Å². The van der Waals surface area contributed by atoms with Crippen LogP contribution in [-0.2, 0) is 21.4 Å². The summed E-state index contributed by atoms with van der Waals surface area (Å²) >= 11 is 4.01. The number of fused-ring (bicyclic) bond motifs is 1. The van der Waals surface area contributed by atoms with Crippen molar-refractivity contribution in [1.29, 1.82) is 0 Å². The first-order valence-electron chi connectivity index (χ1n) is 13.7. The predicted molar refractivity (Wildman–Crippen MR) is 171 cm³/mol. The molecular weight excluding hydrogens is 528 g/mol. The van der Waals surface area contributed by atoms with E-state index < -0.39 is 5.92 Å². The Bertz CT molecular complexity index is 1610. The van der Waals surface area contributed by atoms with Gasteiger partial charge in [-0.3, -0.25) is 9.59 Å². The third kappa shape index (κ3) is 6.90. The molecule has 0 bridgehead atoms. The molecule has 2 amide bonds. The van der Waals surface area contributed by atoms with Crippen LogP contribution in [-0.4, -0.2) is 17.6 Å². The molecule has 1 aromatic heterocycles. The molecule has 2 N–H and O–H groups in total. The van der Waals surface area contributed by atoms with Gasteiger partial charge in [0.25, 0.3) is 0 Å². The second kappa shape index (κ2) is 12.1. The van der Waals surface area contributed by atoms with E-state index in [0.29, 0.717) is 12.1 Å². The van der Waals surface area contributed by atoms with Gasteiger partial charge in [0.1, 0.15) is 11.3 Å². The molecule has 0 aliphatic rings. The number of para-hydroxylation sites is 1. The van der Waals surface area contributed by atoms with Gasteiger partial charge in [0.2, 0.25) is 11.8 Å². The third-order valence-electron chi connectivity index (χ3n) is 7.18. The molecule has 5 nitrogen and oxygen atoms in total. The van der Waals surface area contributed by atoms with Gasteiger partial charge in [-0.1, -0.05) is 75.4 Å². The predicted octanol–water partition coefficient (Wildman–Crippen LogP) is 8.23. The van der Waals surface area contributed by atoms with Crippen LogP contribution < -0.4 is 10.6 Å². The first-order valence-corrected chi connectivity index (χ1v) is 14.3. The smallest absolute Gasteiger partial charge is 0.234 e. The number of furan rings is 1. The molecule has 1 heterocycles. The van der Waals surface area contributed by atoms with E-state index in [2.05, 4.69) is 68.3 Å². The zero-order chi connectivity index (χ0) is 29.0. The number of carbonyl (C=O) groups excluding carboxylic acids is 2. The Kier molecular flexibility index (Phi) is 8.31. The minimum Gasteiger partial charge on any atom is -0.456 e. The Labute approximate surface area is 246 Å².